The minimum atomic E-state index is -0.513. The normalized spacial score (nSPS) is 10.3. The molecule has 2 aromatic carbocycles. The molecule has 2 rings (SSSR count). The van der Waals surface area contributed by atoms with Crippen LogP contribution in [-0.4, -0.2) is 25.0 Å². The molecule has 5 heteroatoms. The van der Waals surface area contributed by atoms with Crippen molar-refractivity contribution in [1.29, 1.82) is 0 Å². The van der Waals surface area contributed by atoms with Gasteiger partial charge in [0.2, 0.25) is 0 Å². The number of esters is 1. The summed E-state index contributed by atoms with van der Waals surface area (Å²) in [6.07, 6.45) is 0.580. The van der Waals surface area contributed by atoms with Crippen LogP contribution in [0.15, 0.2) is 42.5 Å². The zero-order valence-corrected chi connectivity index (χ0v) is 13.8. The van der Waals surface area contributed by atoms with Crippen LogP contribution in [0, 0.1) is 19.7 Å². The van der Waals surface area contributed by atoms with Crippen molar-refractivity contribution in [1.82, 2.24) is 5.32 Å². The van der Waals surface area contributed by atoms with Gasteiger partial charge < -0.3 is 10.1 Å². The molecule has 0 aromatic heterocycles. The minimum Gasteiger partial charge on any atom is -0.452 e. The van der Waals surface area contributed by atoms with Gasteiger partial charge in [-0.1, -0.05) is 29.8 Å². The van der Waals surface area contributed by atoms with Gasteiger partial charge in [-0.3, -0.25) is 4.79 Å². The van der Waals surface area contributed by atoms with Crippen LogP contribution in [0.25, 0.3) is 0 Å². The van der Waals surface area contributed by atoms with E-state index in [9.17, 15) is 14.0 Å². The first-order valence-electron chi connectivity index (χ1n) is 7.71. The molecule has 0 heterocycles. The average molecular weight is 329 g/mol. The van der Waals surface area contributed by atoms with Crippen LogP contribution in [0.2, 0.25) is 0 Å². The maximum atomic E-state index is 12.8. The van der Waals surface area contributed by atoms with E-state index in [-0.39, 0.29) is 18.3 Å². The maximum Gasteiger partial charge on any atom is 0.338 e. The highest BCUT2D eigenvalue weighted by Crippen LogP contribution is 2.11. The van der Waals surface area contributed by atoms with E-state index < -0.39 is 5.97 Å². The first-order valence-corrected chi connectivity index (χ1v) is 7.71. The average Bonchev–Trinajstić information content (AvgIpc) is 2.54. The predicted molar refractivity (Wildman–Crippen MR) is 89.3 cm³/mol. The Morgan fingerprint density at radius 1 is 1.08 bits per heavy atom. The second kappa shape index (κ2) is 8.24. The van der Waals surface area contributed by atoms with Crippen LogP contribution >= 0.6 is 0 Å². The van der Waals surface area contributed by atoms with E-state index in [1.54, 1.807) is 18.2 Å². The Balaban J connectivity index is 1.74. The number of carbonyl (C=O) groups is 2. The zero-order chi connectivity index (χ0) is 17.5. The molecule has 0 unspecified atom stereocenters. The number of rotatable bonds is 6. The number of aryl methyl sites for hydroxylation is 2. The molecular formula is C19H20FNO3. The molecule has 4 nitrogen and oxygen atoms in total. The van der Waals surface area contributed by atoms with Crippen molar-refractivity contribution < 1.29 is 18.7 Å². The number of nitrogens with one attached hydrogen (secondary N) is 1. The van der Waals surface area contributed by atoms with E-state index in [1.807, 2.05) is 26.0 Å². The van der Waals surface area contributed by atoms with E-state index >= 15 is 0 Å². The molecule has 0 bridgehead atoms. The second-order valence-corrected chi connectivity index (χ2v) is 5.62. The molecule has 0 saturated carbocycles. The third kappa shape index (κ3) is 5.19. The van der Waals surface area contributed by atoms with Crippen molar-refractivity contribution in [3.63, 3.8) is 0 Å². The molecule has 1 N–H and O–H groups in total. The second-order valence-electron chi connectivity index (χ2n) is 5.62. The predicted octanol–water partition coefficient (Wildman–Crippen LogP) is 2.96. The molecule has 0 radical (unpaired) electrons. The fraction of sp³-hybridized carbons (Fsp3) is 0.263. The highest BCUT2D eigenvalue weighted by atomic mass is 19.1. The van der Waals surface area contributed by atoms with Crippen molar-refractivity contribution in [2.75, 3.05) is 13.2 Å². The lowest BCUT2D eigenvalue weighted by Crippen LogP contribution is -2.30. The number of amides is 1. The van der Waals surface area contributed by atoms with E-state index in [0.29, 0.717) is 18.5 Å². The summed E-state index contributed by atoms with van der Waals surface area (Å²) in [5, 5.41) is 2.67. The first-order chi connectivity index (χ1) is 11.5. The number of hydrogen-bond acceptors (Lipinski definition) is 3. The highest BCUT2D eigenvalue weighted by Gasteiger charge is 2.12. The Hall–Kier alpha value is -2.69. The molecule has 24 heavy (non-hydrogen) atoms. The largest absolute Gasteiger partial charge is 0.452 e. The lowest BCUT2D eigenvalue weighted by Gasteiger charge is -2.08. The summed E-state index contributed by atoms with van der Waals surface area (Å²) in [4.78, 5) is 23.7. The number of hydrogen-bond donors (Lipinski definition) is 1. The number of ether oxygens (including phenoxy) is 1. The van der Waals surface area contributed by atoms with Crippen LogP contribution < -0.4 is 5.32 Å². The fourth-order valence-electron chi connectivity index (χ4n) is 2.30. The van der Waals surface area contributed by atoms with Gasteiger partial charge in [0.25, 0.3) is 5.91 Å². The Bertz CT molecular complexity index is 726. The van der Waals surface area contributed by atoms with E-state index in [0.717, 1.165) is 16.7 Å². The summed E-state index contributed by atoms with van der Waals surface area (Å²) in [6.45, 7) is 3.84. The molecule has 2 aromatic rings. The lowest BCUT2D eigenvalue weighted by molar-refractivity contribution is -0.124. The standard InChI is InChI=1S/C19H20FNO3/c1-13-3-8-17(14(2)11-13)19(23)24-12-18(22)21-10-9-15-4-6-16(20)7-5-15/h3-8,11H,9-10,12H2,1-2H3,(H,21,22). The Kier molecular flexibility index (Phi) is 6.07. The molecule has 0 spiro atoms. The molecule has 0 aliphatic heterocycles. The molecule has 0 saturated heterocycles. The summed E-state index contributed by atoms with van der Waals surface area (Å²) in [7, 11) is 0. The van der Waals surface area contributed by atoms with Crippen LogP contribution in [-0.2, 0) is 16.0 Å². The Labute approximate surface area is 140 Å². The lowest BCUT2D eigenvalue weighted by atomic mass is 10.1. The van der Waals surface area contributed by atoms with Crippen molar-refractivity contribution in [3.05, 3.63) is 70.5 Å². The third-order valence-corrected chi connectivity index (χ3v) is 3.59. The van der Waals surface area contributed by atoms with Crippen molar-refractivity contribution in [2.45, 2.75) is 20.3 Å². The molecule has 0 aliphatic rings. The van der Waals surface area contributed by atoms with Crippen LogP contribution in [0.1, 0.15) is 27.0 Å². The third-order valence-electron chi connectivity index (χ3n) is 3.59. The quantitative estimate of drug-likeness (QED) is 0.829. The van der Waals surface area contributed by atoms with Crippen molar-refractivity contribution in [3.8, 4) is 0 Å². The molecule has 0 fully saturated rings. The van der Waals surface area contributed by atoms with Gasteiger partial charge in [0.15, 0.2) is 6.61 Å². The Morgan fingerprint density at radius 3 is 2.46 bits per heavy atom. The topological polar surface area (TPSA) is 55.4 Å². The smallest absolute Gasteiger partial charge is 0.338 e. The van der Waals surface area contributed by atoms with E-state index in [4.69, 9.17) is 4.74 Å². The molecular weight excluding hydrogens is 309 g/mol. The maximum absolute atomic E-state index is 12.8. The number of carbonyl (C=O) groups excluding carboxylic acids is 2. The van der Waals surface area contributed by atoms with Crippen molar-refractivity contribution in [2.24, 2.45) is 0 Å². The van der Waals surface area contributed by atoms with Gasteiger partial charge in [0.1, 0.15) is 5.82 Å². The summed E-state index contributed by atoms with van der Waals surface area (Å²) < 4.78 is 17.8. The van der Waals surface area contributed by atoms with Gasteiger partial charge in [0, 0.05) is 6.54 Å². The number of benzene rings is 2. The van der Waals surface area contributed by atoms with Crippen LogP contribution in [0.3, 0.4) is 0 Å². The van der Waals surface area contributed by atoms with Crippen LogP contribution in [0.4, 0.5) is 4.39 Å². The van der Waals surface area contributed by atoms with Gasteiger partial charge in [-0.15, -0.1) is 0 Å². The van der Waals surface area contributed by atoms with Gasteiger partial charge >= 0.3 is 5.97 Å². The minimum absolute atomic E-state index is 0.291. The van der Waals surface area contributed by atoms with Gasteiger partial charge in [-0.05, 0) is 49.6 Å². The molecule has 1 amide bonds. The van der Waals surface area contributed by atoms with Gasteiger partial charge in [0.05, 0.1) is 5.56 Å². The summed E-state index contributed by atoms with van der Waals surface area (Å²) in [5.41, 5.74) is 3.25. The van der Waals surface area contributed by atoms with E-state index in [2.05, 4.69) is 5.32 Å². The monoisotopic (exact) mass is 329 g/mol. The van der Waals surface area contributed by atoms with Crippen molar-refractivity contribution >= 4 is 11.9 Å². The molecule has 0 atom stereocenters. The summed E-state index contributed by atoms with van der Waals surface area (Å²) in [5.74, 6) is -1.17. The van der Waals surface area contributed by atoms with Gasteiger partial charge in [-0.25, -0.2) is 9.18 Å². The summed E-state index contributed by atoms with van der Waals surface area (Å²) in [6, 6.07) is 11.5. The highest BCUT2D eigenvalue weighted by molar-refractivity contribution is 5.92. The zero-order valence-electron chi connectivity index (χ0n) is 13.8. The Morgan fingerprint density at radius 2 is 1.79 bits per heavy atom. The molecule has 126 valence electrons. The first kappa shape index (κ1) is 17.7. The SMILES string of the molecule is Cc1ccc(C(=O)OCC(=O)NCCc2ccc(F)cc2)c(C)c1. The van der Waals surface area contributed by atoms with Crippen LogP contribution in [0.5, 0.6) is 0 Å². The summed E-state index contributed by atoms with van der Waals surface area (Å²) >= 11 is 0. The number of halogens is 1. The van der Waals surface area contributed by atoms with E-state index in [1.165, 1.54) is 12.1 Å². The fourth-order valence-corrected chi connectivity index (χ4v) is 2.30. The molecule has 0 aliphatic carbocycles. The van der Waals surface area contributed by atoms with Gasteiger partial charge in [-0.2, -0.15) is 0 Å².